The monoisotopic (exact) mass is 484 g/mol. The predicted octanol–water partition coefficient (Wildman–Crippen LogP) is 5.26. The van der Waals surface area contributed by atoms with Gasteiger partial charge in [-0.1, -0.05) is 48.5 Å². The van der Waals surface area contributed by atoms with Gasteiger partial charge in [0, 0.05) is 6.42 Å². The van der Waals surface area contributed by atoms with E-state index in [1.807, 2.05) is 12.1 Å². The first-order valence-corrected chi connectivity index (χ1v) is 10.6. The molecule has 35 heavy (non-hydrogen) atoms. The van der Waals surface area contributed by atoms with Gasteiger partial charge in [0.05, 0.1) is 24.6 Å². The lowest BCUT2D eigenvalue weighted by atomic mass is 10.1. The number of esters is 1. The van der Waals surface area contributed by atoms with Crippen LogP contribution in [0.4, 0.5) is 18.9 Å². The van der Waals surface area contributed by atoms with E-state index in [0.29, 0.717) is 17.7 Å². The molecular weight excluding hydrogens is 461 g/mol. The number of hydrogen-bond donors (Lipinski definition) is 0. The lowest BCUT2D eigenvalue weighted by Gasteiger charge is -2.18. The van der Waals surface area contributed by atoms with Gasteiger partial charge in [0.2, 0.25) is 0 Å². The fourth-order valence-corrected chi connectivity index (χ4v) is 3.07. The van der Waals surface area contributed by atoms with Crippen molar-refractivity contribution in [1.82, 2.24) is 0 Å². The molecule has 0 bridgehead atoms. The number of hydrogen-bond acceptors (Lipinski definition) is 5. The van der Waals surface area contributed by atoms with Crippen molar-refractivity contribution in [3.8, 4) is 5.75 Å². The smallest absolute Gasteiger partial charge is 0.416 e. The minimum absolute atomic E-state index is 0.0243. The molecule has 0 aliphatic carbocycles. The SMILES string of the molecule is COc1ccc(CCC(=O)OCC(=O)N(/N=C/c2ccccc2)c2cccc(C(F)(F)F)c2)cc1. The van der Waals surface area contributed by atoms with Crippen LogP contribution >= 0.6 is 0 Å². The highest BCUT2D eigenvalue weighted by Crippen LogP contribution is 2.31. The summed E-state index contributed by atoms with van der Waals surface area (Å²) in [5.41, 5.74) is 0.478. The molecule has 0 atom stereocenters. The molecule has 182 valence electrons. The van der Waals surface area contributed by atoms with Gasteiger partial charge in [-0.15, -0.1) is 0 Å². The maximum atomic E-state index is 13.2. The van der Waals surface area contributed by atoms with E-state index < -0.39 is 30.2 Å². The van der Waals surface area contributed by atoms with Crippen molar-refractivity contribution in [3.05, 3.63) is 95.6 Å². The Morgan fingerprint density at radius 2 is 1.69 bits per heavy atom. The Morgan fingerprint density at radius 3 is 2.34 bits per heavy atom. The van der Waals surface area contributed by atoms with E-state index in [-0.39, 0.29) is 12.1 Å². The van der Waals surface area contributed by atoms with Crippen molar-refractivity contribution in [1.29, 1.82) is 0 Å². The molecule has 0 aromatic heterocycles. The lowest BCUT2D eigenvalue weighted by Crippen LogP contribution is -2.31. The van der Waals surface area contributed by atoms with Crippen molar-refractivity contribution < 1.29 is 32.2 Å². The van der Waals surface area contributed by atoms with Gasteiger partial charge in [0.15, 0.2) is 6.61 Å². The topological polar surface area (TPSA) is 68.2 Å². The molecule has 3 rings (SSSR count). The number of aryl methyl sites for hydroxylation is 1. The molecule has 0 saturated carbocycles. The number of anilines is 1. The molecule has 0 heterocycles. The van der Waals surface area contributed by atoms with E-state index in [2.05, 4.69) is 5.10 Å². The van der Waals surface area contributed by atoms with Gasteiger partial charge >= 0.3 is 12.1 Å². The van der Waals surface area contributed by atoms with Crippen LogP contribution in [0.5, 0.6) is 5.75 Å². The van der Waals surface area contributed by atoms with Crippen LogP contribution in [-0.2, 0) is 26.9 Å². The van der Waals surface area contributed by atoms with E-state index in [0.717, 1.165) is 22.7 Å². The average molecular weight is 484 g/mol. The molecule has 0 N–H and O–H groups in total. The number of benzene rings is 3. The minimum Gasteiger partial charge on any atom is -0.497 e. The number of rotatable bonds is 9. The number of alkyl halides is 3. The third-order valence-electron chi connectivity index (χ3n) is 4.91. The van der Waals surface area contributed by atoms with Gasteiger partial charge in [-0.25, -0.2) is 0 Å². The highest BCUT2D eigenvalue weighted by atomic mass is 19.4. The van der Waals surface area contributed by atoms with Crippen LogP contribution in [0.25, 0.3) is 0 Å². The number of amides is 1. The second-order valence-corrected chi connectivity index (χ2v) is 7.42. The first kappa shape index (κ1) is 25.5. The van der Waals surface area contributed by atoms with Crippen LogP contribution in [0.1, 0.15) is 23.1 Å². The fraction of sp³-hybridized carbons (Fsp3) is 0.192. The molecule has 3 aromatic carbocycles. The zero-order valence-electron chi connectivity index (χ0n) is 18.9. The minimum atomic E-state index is -4.60. The second-order valence-electron chi connectivity index (χ2n) is 7.42. The van der Waals surface area contributed by atoms with Gasteiger partial charge in [-0.05, 0) is 47.9 Å². The Bertz CT molecular complexity index is 1160. The maximum Gasteiger partial charge on any atom is 0.416 e. The highest BCUT2D eigenvalue weighted by Gasteiger charge is 2.31. The molecule has 0 saturated heterocycles. The molecule has 3 aromatic rings. The predicted molar refractivity (Wildman–Crippen MR) is 125 cm³/mol. The zero-order chi connectivity index (χ0) is 25.3. The Balaban J connectivity index is 1.69. The van der Waals surface area contributed by atoms with Gasteiger partial charge < -0.3 is 9.47 Å². The van der Waals surface area contributed by atoms with Crippen molar-refractivity contribution >= 4 is 23.8 Å². The Kier molecular flexibility index (Phi) is 8.61. The van der Waals surface area contributed by atoms with Crippen LogP contribution < -0.4 is 9.75 Å². The number of carbonyl (C=O) groups excluding carboxylic acids is 2. The van der Waals surface area contributed by atoms with Crippen LogP contribution in [0, 0.1) is 0 Å². The molecular formula is C26H23F3N2O4. The maximum absolute atomic E-state index is 13.2. The number of ether oxygens (including phenoxy) is 2. The van der Waals surface area contributed by atoms with Crippen molar-refractivity contribution in [2.45, 2.75) is 19.0 Å². The van der Waals surface area contributed by atoms with E-state index in [9.17, 15) is 22.8 Å². The quantitative estimate of drug-likeness (QED) is 0.236. The van der Waals surface area contributed by atoms with Crippen LogP contribution in [0.3, 0.4) is 0 Å². The third-order valence-corrected chi connectivity index (χ3v) is 4.91. The van der Waals surface area contributed by atoms with Crippen molar-refractivity contribution in [2.24, 2.45) is 5.10 Å². The van der Waals surface area contributed by atoms with Crippen LogP contribution in [0.2, 0.25) is 0 Å². The second kappa shape index (κ2) is 11.8. The van der Waals surface area contributed by atoms with E-state index in [1.165, 1.54) is 18.3 Å². The number of hydrazone groups is 1. The molecule has 0 unspecified atom stereocenters. The summed E-state index contributed by atoms with van der Waals surface area (Å²) in [5.74, 6) is -0.729. The van der Waals surface area contributed by atoms with E-state index >= 15 is 0 Å². The Hall–Kier alpha value is -4.14. The summed E-state index contributed by atoms with van der Waals surface area (Å²) in [4.78, 5) is 25.0. The molecule has 0 fully saturated rings. The summed E-state index contributed by atoms with van der Waals surface area (Å²) < 4.78 is 49.7. The highest BCUT2D eigenvalue weighted by molar-refractivity contribution is 5.96. The Morgan fingerprint density at radius 1 is 0.971 bits per heavy atom. The number of carbonyl (C=O) groups is 2. The standard InChI is InChI=1S/C26H23F3N2O4/c1-34-23-13-10-19(11-14-23)12-15-25(33)35-18-24(32)31(30-17-20-6-3-2-4-7-20)22-9-5-8-21(16-22)26(27,28)29/h2-11,13-14,16-17H,12,15,18H2,1H3/b30-17+. The third kappa shape index (κ3) is 7.70. The summed E-state index contributed by atoms with van der Waals surface area (Å²) in [7, 11) is 1.55. The van der Waals surface area contributed by atoms with Gasteiger partial charge in [-0.2, -0.15) is 23.3 Å². The van der Waals surface area contributed by atoms with Crippen molar-refractivity contribution in [2.75, 3.05) is 18.7 Å². The number of methoxy groups -OCH3 is 1. The Labute approximate surface area is 200 Å². The first-order chi connectivity index (χ1) is 16.8. The summed E-state index contributed by atoms with van der Waals surface area (Å²) >= 11 is 0. The van der Waals surface area contributed by atoms with E-state index in [4.69, 9.17) is 9.47 Å². The van der Waals surface area contributed by atoms with Gasteiger partial charge in [0.1, 0.15) is 5.75 Å². The summed E-state index contributed by atoms with van der Waals surface area (Å²) in [6, 6.07) is 20.1. The van der Waals surface area contributed by atoms with Crippen LogP contribution in [-0.4, -0.2) is 31.8 Å². The average Bonchev–Trinajstić information content (AvgIpc) is 2.87. The first-order valence-electron chi connectivity index (χ1n) is 10.6. The van der Waals surface area contributed by atoms with Crippen molar-refractivity contribution in [3.63, 3.8) is 0 Å². The van der Waals surface area contributed by atoms with Gasteiger partial charge in [-0.3, -0.25) is 9.59 Å². The van der Waals surface area contributed by atoms with E-state index in [1.54, 1.807) is 49.6 Å². The summed E-state index contributed by atoms with van der Waals surface area (Å²) in [5, 5.41) is 4.85. The lowest BCUT2D eigenvalue weighted by molar-refractivity contribution is -0.147. The number of nitrogens with zero attached hydrogens (tertiary/aromatic N) is 2. The summed E-state index contributed by atoms with van der Waals surface area (Å²) in [6.45, 7) is -0.677. The zero-order valence-corrected chi connectivity index (χ0v) is 18.9. The van der Waals surface area contributed by atoms with Crippen LogP contribution in [0.15, 0.2) is 84.0 Å². The largest absolute Gasteiger partial charge is 0.497 e. The fourth-order valence-electron chi connectivity index (χ4n) is 3.07. The molecule has 6 nitrogen and oxygen atoms in total. The molecule has 1 amide bonds. The summed E-state index contributed by atoms with van der Waals surface area (Å²) in [6.07, 6.45) is -2.84. The van der Waals surface area contributed by atoms with Gasteiger partial charge in [0.25, 0.3) is 5.91 Å². The normalized spacial score (nSPS) is 11.3. The molecule has 0 spiro atoms. The molecule has 9 heteroatoms. The molecule has 0 aliphatic rings. The number of halogens is 3. The molecule has 0 aliphatic heterocycles. The molecule has 0 radical (unpaired) electrons.